The zero-order valence-electron chi connectivity index (χ0n) is 14.5. The summed E-state index contributed by atoms with van der Waals surface area (Å²) in [5, 5.41) is 6.26. The number of rotatable bonds is 6. The summed E-state index contributed by atoms with van der Waals surface area (Å²) in [6, 6.07) is 6.52. The van der Waals surface area contributed by atoms with E-state index in [1.165, 1.54) is 10.7 Å². The minimum absolute atomic E-state index is 0.170. The lowest BCUT2D eigenvalue weighted by atomic mass is 10.2. The minimum atomic E-state index is -4.97. The first-order valence-electron chi connectivity index (χ1n) is 7.90. The van der Waals surface area contributed by atoms with Crippen molar-refractivity contribution in [1.29, 1.82) is 0 Å². The number of carbonyl (C=O) groups is 1. The Labute approximate surface area is 154 Å². The Bertz CT molecular complexity index is 788. The average molecular weight is 390 g/mol. The van der Waals surface area contributed by atoms with Gasteiger partial charge in [0, 0.05) is 22.3 Å². The van der Waals surface area contributed by atoms with Gasteiger partial charge in [0.25, 0.3) is 0 Å². The molecule has 1 N–H and O–H groups in total. The van der Waals surface area contributed by atoms with Gasteiger partial charge in [-0.1, -0.05) is 25.4 Å². The van der Waals surface area contributed by atoms with E-state index in [-0.39, 0.29) is 12.4 Å². The fourth-order valence-electron chi connectivity index (χ4n) is 2.15. The molecule has 0 saturated heterocycles. The van der Waals surface area contributed by atoms with Gasteiger partial charge in [0.1, 0.15) is 5.75 Å². The number of carbonyl (C=O) groups excluding carboxylic acids is 1. The number of hydrogen-bond acceptors (Lipinski definition) is 3. The smallest absolute Gasteiger partial charge is 0.471 e. The van der Waals surface area contributed by atoms with Crippen molar-refractivity contribution in [2.45, 2.75) is 33.5 Å². The Morgan fingerprint density at radius 1 is 1.35 bits per heavy atom. The summed E-state index contributed by atoms with van der Waals surface area (Å²) in [5.41, 5.74) is 1.32. The van der Waals surface area contributed by atoms with Gasteiger partial charge in [-0.3, -0.25) is 9.48 Å². The lowest BCUT2D eigenvalue weighted by Gasteiger charge is -2.14. The molecule has 0 atom stereocenters. The van der Waals surface area contributed by atoms with Crippen LogP contribution in [0, 0.1) is 12.8 Å². The van der Waals surface area contributed by atoms with Gasteiger partial charge in [-0.15, -0.1) is 0 Å². The quantitative estimate of drug-likeness (QED) is 0.795. The largest absolute Gasteiger partial charge is 0.493 e. The number of aryl methyl sites for hydroxylation is 1. The van der Waals surface area contributed by atoms with Gasteiger partial charge in [0.05, 0.1) is 13.2 Å². The van der Waals surface area contributed by atoms with Crippen molar-refractivity contribution in [3.63, 3.8) is 0 Å². The van der Waals surface area contributed by atoms with E-state index in [9.17, 15) is 18.0 Å². The van der Waals surface area contributed by atoms with E-state index in [1.807, 2.05) is 13.8 Å². The van der Waals surface area contributed by atoms with Crippen LogP contribution < -0.4 is 10.1 Å². The molecule has 2 rings (SSSR count). The molecule has 0 aliphatic carbocycles. The molecule has 9 heteroatoms. The van der Waals surface area contributed by atoms with Crippen molar-refractivity contribution < 1.29 is 22.7 Å². The zero-order valence-corrected chi connectivity index (χ0v) is 15.3. The van der Waals surface area contributed by atoms with E-state index in [1.54, 1.807) is 30.4 Å². The Morgan fingerprint density at radius 3 is 2.65 bits per heavy atom. The first-order chi connectivity index (χ1) is 12.1. The van der Waals surface area contributed by atoms with Crippen LogP contribution in [0.25, 0.3) is 0 Å². The third-order valence-electron chi connectivity index (χ3n) is 3.40. The topological polar surface area (TPSA) is 56.2 Å². The first kappa shape index (κ1) is 20.1. The standard InChI is InChI=1S/C17H19ClF3N3O2/c1-10(2)9-26-14-5-4-13(18)7-12(14)8-24-11(3)6-15(23-24)22-16(25)17(19,20)21/h4-7,10H,8-9H2,1-3H3,(H,22,23,25). The van der Waals surface area contributed by atoms with Crippen LogP contribution in [0.5, 0.6) is 5.75 Å². The lowest BCUT2D eigenvalue weighted by Crippen LogP contribution is -2.30. The van der Waals surface area contributed by atoms with Crippen molar-refractivity contribution in [3.05, 3.63) is 40.5 Å². The summed E-state index contributed by atoms with van der Waals surface area (Å²) in [4.78, 5) is 11.0. The van der Waals surface area contributed by atoms with Gasteiger partial charge in [-0.25, -0.2) is 0 Å². The van der Waals surface area contributed by atoms with Gasteiger partial charge in [-0.05, 0) is 31.0 Å². The Hall–Kier alpha value is -2.22. The third kappa shape index (κ3) is 5.39. The third-order valence-corrected chi connectivity index (χ3v) is 3.63. The summed E-state index contributed by atoms with van der Waals surface area (Å²) in [6.45, 7) is 6.46. The van der Waals surface area contributed by atoms with E-state index >= 15 is 0 Å². The number of amides is 1. The van der Waals surface area contributed by atoms with Crippen molar-refractivity contribution in [1.82, 2.24) is 9.78 Å². The molecule has 0 aliphatic heterocycles. The van der Waals surface area contributed by atoms with Crippen LogP contribution in [0.2, 0.25) is 5.02 Å². The van der Waals surface area contributed by atoms with Gasteiger partial charge < -0.3 is 10.1 Å². The van der Waals surface area contributed by atoms with E-state index in [0.29, 0.717) is 29.0 Å². The molecule has 0 fully saturated rings. The SMILES string of the molecule is Cc1cc(NC(=O)C(F)(F)F)nn1Cc1cc(Cl)ccc1OCC(C)C. The van der Waals surface area contributed by atoms with E-state index < -0.39 is 12.1 Å². The lowest BCUT2D eigenvalue weighted by molar-refractivity contribution is -0.167. The molecule has 0 saturated carbocycles. The predicted molar refractivity (Wildman–Crippen MR) is 92.5 cm³/mol. The Balaban J connectivity index is 2.21. The van der Waals surface area contributed by atoms with Gasteiger partial charge >= 0.3 is 12.1 Å². The Morgan fingerprint density at radius 2 is 2.04 bits per heavy atom. The summed E-state index contributed by atoms with van der Waals surface area (Å²) >= 11 is 6.04. The summed E-state index contributed by atoms with van der Waals surface area (Å²) < 4.78 is 44.3. The van der Waals surface area contributed by atoms with Gasteiger partial charge in [0.2, 0.25) is 0 Å². The molecular formula is C17H19ClF3N3O2. The second-order valence-corrected chi connectivity index (χ2v) is 6.67. The molecule has 0 spiro atoms. The predicted octanol–water partition coefficient (Wildman–Crippen LogP) is 4.43. The highest BCUT2D eigenvalue weighted by atomic mass is 35.5. The number of alkyl halides is 3. The second-order valence-electron chi connectivity index (χ2n) is 6.24. The highest BCUT2D eigenvalue weighted by Crippen LogP contribution is 2.25. The molecule has 0 radical (unpaired) electrons. The number of halogens is 4. The normalized spacial score (nSPS) is 11.7. The summed E-state index contributed by atoms with van der Waals surface area (Å²) in [5.74, 6) is -1.28. The maximum atomic E-state index is 12.4. The number of nitrogens with one attached hydrogen (secondary N) is 1. The molecule has 2 aromatic rings. The number of hydrogen-bond donors (Lipinski definition) is 1. The van der Waals surface area contributed by atoms with Crippen LogP contribution >= 0.6 is 11.6 Å². The van der Waals surface area contributed by atoms with E-state index in [2.05, 4.69) is 5.10 Å². The molecule has 0 bridgehead atoms. The van der Waals surface area contributed by atoms with Crippen LogP contribution in [-0.2, 0) is 11.3 Å². The van der Waals surface area contributed by atoms with Crippen molar-refractivity contribution >= 4 is 23.3 Å². The number of benzene rings is 1. The van der Waals surface area contributed by atoms with E-state index in [4.69, 9.17) is 16.3 Å². The summed E-state index contributed by atoms with van der Waals surface area (Å²) in [6.07, 6.45) is -4.97. The monoisotopic (exact) mass is 389 g/mol. The maximum Gasteiger partial charge on any atom is 0.471 e. The first-order valence-corrected chi connectivity index (χ1v) is 8.28. The maximum absolute atomic E-state index is 12.4. The van der Waals surface area contributed by atoms with Crippen LogP contribution in [0.15, 0.2) is 24.3 Å². The molecule has 142 valence electrons. The van der Waals surface area contributed by atoms with Crippen LogP contribution in [0.3, 0.4) is 0 Å². The Kier molecular flexibility index (Phi) is 6.17. The van der Waals surface area contributed by atoms with Crippen LogP contribution in [-0.4, -0.2) is 28.5 Å². The van der Waals surface area contributed by atoms with Crippen molar-refractivity contribution in [2.24, 2.45) is 5.92 Å². The fraction of sp³-hybridized carbons (Fsp3) is 0.412. The highest BCUT2D eigenvalue weighted by molar-refractivity contribution is 6.30. The average Bonchev–Trinajstić information content (AvgIpc) is 2.85. The molecular weight excluding hydrogens is 371 g/mol. The van der Waals surface area contributed by atoms with Gasteiger partial charge in [-0.2, -0.15) is 18.3 Å². The molecule has 0 unspecified atom stereocenters. The molecule has 0 aliphatic rings. The van der Waals surface area contributed by atoms with Crippen LogP contribution in [0.4, 0.5) is 19.0 Å². The van der Waals surface area contributed by atoms with Crippen LogP contribution in [0.1, 0.15) is 25.1 Å². The number of aromatic nitrogens is 2. The molecule has 1 heterocycles. The molecule has 1 aromatic carbocycles. The summed E-state index contributed by atoms with van der Waals surface area (Å²) in [7, 11) is 0. The molecule has 1 amide bonds. The number of anilines is 1. The van der Waals surface area contributed by atoms with E-state index in [0.717, 1.165) is 5.56 Å². The molecule has 26 heavy (non-hydrogen) atoms. The minimum Gasteiger partial charge on any atom is -0.493 e. The molecule has 1 aromatic heterocycles. The highest BCUT2D eigenvalue weighted by Gasteiger charge is 2.39. The molecule has 5 nitrogen and oxygen atoms in total. The number of nitrogens with zero attached hydrogens (tertiary/aromatic N) is 2. The second kappa shape index (κ2) is 7.99. The number of ether oxygens (including phenoxy) is 1. The van der Waals surface area contributed by atoms with Gasteiger partial charge in [0.15, 0.2) is 5.82 Å². The zero-order chi connectivity index (χ0) is 19.5. The van der Waals surface area contributed by atoms with Crippen molar-refractivity contribution in [2.75, 3.05) is 11.9 Å². The van der Waals surface area contributed by atoms with Crippen molar-refractivity contribution in [3.8, 4) is 5.75 Å². The fourth-order valence-corrected chi connectivity index (χ4v) is 2.34.